The molecule has 0 aliphatic carbocycles. The molecule has 3 rings (SSSR count). The molecule has 0 amide bonds. The van der Waals surface area contributed by atoms with Gasteiger partial charge in [-0.2, -0.15) is 0 Å². The summed E-state index contributed by atoms with van der Waals surface area (Å²) >= 11 is 0. The van der Waals surface area contributed by atoms with Crippen LogP contribution in [0.5, 0.6) is 0 Å². The highest BCUT2D eigenvalue weighted by molar-refractivity contribution is 5.31. The van der Waals surface area contributed by atoms with Gasteiger partial charge in [-0.3, -0.25) is 4.90 Å². The predicted octanol–water partition coefficient (Wildman–Crippen LogP) is 3.46. The number of hydrogen-bond donors (Lipinski definition) is 1. The van der Waals surface area contributed by atoms with Gasteiger partial charge >= 0.3 is 0 Å². The normalized spacial score (nSPS) is 17.2. The molecule has 0 atom stereocenters. The number of hydrogen-bond acceptors (Lipinski definition) is 2. The summed E-state index contributed by atoms with van der Waals surface area (Å²) < 4.78 is 0. The molecule has 110 valence electrons. The second-order valence-corrected chi connectivity index (χ2v) is 5.82. The molecular formula is C19H24N2. The zero-order chi connectivity index (χ0) is 14.5. The molecule has 0 bridgehead atoms. The van der Waals surface area contributed by atoms with Crippen LogP contribution in [0.1, 0.15) is 30.0 Å². The summed E-state index contributed by atoms with van der Waals surface area (Å²) in [6, 6.07) is 22.8. The average molecular weight is 280 g/mol. The van der Waals surface area contributed by atoms with E-state index < -0.39 is 0 Å². The van der Waals surface area contributed by atoms with Gasteiger partial charge < -0.3 is 5.32 Å². The fourth-order valence-electron chi connectivity index (χ4n) is 3.33. The van der Waals surface area contributed by atoms with Crippen molar-refractivity contribution in [3.8, 4) is 0 Å². The van der Waals surface area contributed by atoms with Gasteiger partial charge in [-0.25, -0.2) is 0 Å². The Balaban J connectivity index is 1.87. The summed E-state index contributed by atoms with van der Waals surface area (Å²) in [5.41, 5.74) is 2.79. The monoisotopic (exact) mass is 280 g/mol. The fourth-order valence-corrected chi connectivity index (χ4v) is 3.33. The Morgan fingerprint density at radius 1 is 0.857 bits per heavy atom. The molecule has 1 fully saturated rings. The highest BCUT2D eigenvalue weighted by Gasteiger charge is 2.26. The number of piperidine rings is 1. The molecular weight excluding hydrogens is 256 g/mol. The summed E-state index contributed by atoms with van der Waals surface area (Å²) in [6.07, 6.45) is 2.46. The van der Waals surface area contributed by atoms with Crippen LogP contribution in [0.2, 0.25) is 0 Å². The van der Waals surface area contributed by atoms with E-state index in [1.165, 1.54) is 24.0 Å². The van der Waals surface area contributed by atoms with Gasteiger partial charge in [0, 0.05) is 19.1 Å². The van der Waals surface area contributed by atoms with E-state index in [2.05, 4.69) is 77.9 Å². The van der Waals surface area contributed by atoms with E-state index in [0.29, 0.717) is 12.1 Å². The maximum atomic E-state index is 3.42. The quantitative estimate of drug-likeness (QED) is 0.922. The van der Waals surface area contributed by atoms with Crippen LogP contribution in [-0.4, -0.2) is 31.1 Å². The van der Waals surface area contributed by atoms with Crippen molar-refractivity contribution in [1.82, 2.24) is 10.2 Å². The number of rotatable bonds is 4. The first kappa shape index (κ1) is 14.3. The van der Waals surface area contributed by atoms with Crippen LogP contribution in [0.4, 0.5) is 0 Å². The highest BCUT2D eigenvalue weighted by atomic mass is 15.2. The average Bonchev–Trinajstić information content (AvgIpc) is 2.58. The maximum Gasteiger partial charge on any atom is 0.0601 e. The minimum absolute atomic E-state index is 0.380. The number of nitrogens with one attached hydrogen (secondary N) is 1. The molecule has 2 nitrogen and oxygen atoms in total. The zero-order valence-electron chi connectivity index (χ0n) is 12.7. The minimum Gasteiger partial charge on any atom is -0.317 e. The van der Waals surface area contributed by atoms with E-state index in [4.69, 9.17) is 0 Å². The fraction of sp³-hybridized carbons (Fsp3) is 0.368. The van der Waals surface area contributed by atoms with Crippen molar-refractivity contribution in [3.63, 3.8) is 0 Å². The summed E-state index contributed by atoms with van der Waals surface area (Å²) in [6.45, 7) is 2.31. The molecule has 2 heteroatoms. The predicted molar refractivity (Wildman–Crippen MR) is 88.4 cm³/mol. The molecule has 1 aliphatic heterocycles. The van der Waals surface area contributed by atoms with Gasteiger partial charge in [0.25, 0.3) is 0 Å². The van der Waals surface area contributed by atoms with Crippen LogP contribution in [0, 0.1) is 0 Å². The third-order valence-electron chi connectivity index (χ3n) is 4.53. The van der Waals surface area contributed by atoms with Crippen LogP contribution in [0.25, 0.3) is 0 Å². The third-order valence-corrected chi connectivity index (χ3v) is 4.53. The Bertz CT molecular complexity index is 491. The van der Waals surface area contributed by atoms with Crippen molar-refractivity contribution >= 4 is 0 Å². The van der Waals surface area contributed by atoms with Gasteiger partial charge in [-0.15, -0.1) is 0 Å². The topological polar surface area (TPSA) is 15.3 Å². The standard InChI is InChI=1S/C19H24N2/c1-20-18-12-14-21(15-13-18)19(16-8-4-2-5-9-16)17-10-6-3-7-11-17/h2-11,18-20H,12-15H2,1H3. The van der Waals surface area contributed by atoms with Gasteiger partial charge in [0.1, 0.15) is 0 Å². The van der Waals surface area contributed by atoms with Crippen LogP contribution in [0.3, 0.4) is 0 Å². The second kappa shape index (κ2) is 6.88. The van der Waals surface area contributed by atoms with Crippen LogP contribution in [-0.2, 0) is 0 Å². The molecule has 0 radical (unpaired) electrons. The molecule has 0 unspecified atom stereocenters. The lowest BCUT2D eigenvalue weighted by Crippen LogP contribution is -2.43. The van der Waals surface area contributed by atoms with E-state index in [-0.39, 0.29) is 0 Å². The summed E-state index contributed by atoms with van der Waals surface area (Å²) in [5, 5.41) is 3.42. The van der Waals surface area contributed by atoms with E-state index in [0.717, 1.165) is 13.1 Å². The van der Waals surface area contributed by atoms with Crippen molar-refractivity contribution in [2.45, 2.75) is 24.9 Å². The second-order valence-electron chi connectivity index (χ2n) is 5.82. The molecule has 0 spiro atoms. The van der Waals surface area contributed by atoms with Gasteiger partial charge in [-0.1, -0.05) is 60.7 Å². The van der Waals surface area contributed by atoms with Crippen LogP contribution >= 0.6 is 0 Å². The zero-order valence-corrected chi connectivity index (χ0v) is 12.7. The summed E-state index contributed by atoms with van der Waals surface area (Å²) in [7, 11) is 2.08. The van der Waals surface area contributed by atoms with E-state index in [1.54, 1.807) is 0 Å². The molecule has 1 saturated heterocycles. The van der Waals surface area contributed by atoms with Gasteiger partial charge in [0.15, 0.2) is 0 Å². The molecule has 0 aromatic heterocycles. The van der Waals surface area contributed by atoms with Crippen molar-refractivity contribution in [2.75, 3.05) is 20.1 Å². The maximum absolute atomic E-state index is 3.42. The molecule has 1 heterocycles. The number of likely N-dealkylation sites (tertiary alicyclic amines) is 1. The third kappa shape index (κ3) is 3.34. The number of nitrogens with zero attached hydrogens (tertiary/aromatic N) is 1. The smallest absolute Gasteiger partial charge is 0.0601 e. The lowest BCUT2D eigenvalue weighted by molar-refractivity contribution is 0.166. The van der Waals surface area contributed by atoms with Crippen molar-refractivity contribution in [2.24, 2.45) is 0 Å². The Hall–Kier alpha value is -1.64. The molecule has 21 heavy (non-hydrogen) atoms. The van der Waals surface area contributed by atoms with Gasteiger partial charge in [-0.05, 0) is 31.0 Å². The SMILES string of the molecule is CNC1CCN(C(c2ccccc2)c2ccccc2)CC1. The number of benzene rings is 2. The van der Waals surface area contributed by atoms with Crippen molar-refractivity contribution in [1.29, 1.82) is 0 Å². The molecule has 2 aromatic carbocycles. The van der Waals surface area contributed by atoms with Crippen molar-refractivity contribution < 1.29 is 0 Å². The molecule has 2 aromatic rings. The summed E-state index contributed by atoms with van der Waals surface area (Å²) in [5.74, 6) is 0. The van der Waals surface area contributed by atoms with Gasteiger partial charge in [0.2, 0.25) is 0 Å². The molecule has 0 saturated carbocycles. The van der Waals surface area contributed by atoms with Gasteiger partial charge in [0.05, 0.1) is 6.04 Å². The van der Waals surface area contributed by atoms with E-state index in [9.17, 15) is 0 Å². The van der Waals surface area contributed by atoms with E-state index >= 15 is 0 Å². The van der Waals surface area contributed by atoms with Crippen molar-refractivity contribution in [3.05, 3.63) is 71.8 Å². The highest BCUT2D eigenvalue weighted by Crippen LogP contribution is 2.30. The Kier molecular flexibility index (Phi) is 4.69. The minimum atomic E-state index is 0.380. The Morgan fingerprint density at radius 3 is 1.76 bits per heavy atom. The van der Waals surface area contributed by atoms with E-state index in [1.807, 2.05) is 0 Å². The Labute approximate surface area is 127 Å². The first-order chi connectivity index (χ1) is 10.4. The Morgan fingerprint density at radius 2 is 1.33 bits per heavy atom. The lowest BCUT2D eigenvalue weighted by atomic mass is 9.94. The first-order valence-electron chi connectivity index (χ1n) is 7.89. The molecule has 1 aliphatic rings. The van der Waals surface area contributed by atoms with Crippen LogP contribution in [0.15, 0.2) is 60.7 Å². The lowest BCUT2D eigenvalue weighted by Gasteiger charge is -2.38. The largest absolute Gasteiger partial charge is 0.317 e. The first-order valence-corrected chi connectivity index (χ1v) is 7.89. The summed E-state index contributed by atoms with van der Waals surface area (Å²) in [4.78, 5) is 2.62. The van der Waals surface area contributed by atoms with Crippen LogP contribution < -0.4 is 5.32 Å². The molecule has 1 N–H and O–H groups in total.